The topological polar surface area (TPSA) is 32.6 Å². The number of fused-ring (bicyclic) bond motifs is 1. The Kier molecular flexibility index (Phi) is 2.83. The van der Waals surface area contributed by atoms with E-state index in [2.05, 4.69) is 12.1 Å². The minimum absolute atomic E-state index is 0.0214. The second-order valence-electron chi connectivity index (χ2n) is 5.91. The van der Waals surface area contributed by atoms with Crippen LogP contribution < -0.4 is 0 Å². The van der Waals surface area contributed by atoms with Crippen molar-refractivity contribution in [3.8, 4) is 5.75 Å². The van der Waals surface area contributed by atoms with Crippen LogP contribution in [0, 0.1) is 0 Å². The van der Waals surface area contributed by atoms with Gasteiger partial charge in [-0.05, 0) is 54.7 Å². The Morgan fingerprint density at radius 3 is 2.52 bits per heavy atom. The molecule has 0 saturated heterocycles. The van der Waals surface area contributed by atoms with Gasteiger partial charge in [0.1, 0.15) is 5.75 Å². The molecule has 106 valence electrons. The van der Waals surface area contributed by atoms with E-state index in [1.165, 1.54) is 11.1 Å². The molecule has 0 unspecified atom stereocenters. The molecule has 1 N–H and O–H groups in total. The molecule has 1 fully saturated rings. The van der Waals surface area contributed by atoms with Gasteiger partial charge in [-0.15, -0.1) is 0 Å². The van der Waals surface area contributed by atoms with Gasteiger partial charge in [0, 0.05) is 22.5 Å². The predicted molar refractivity (Wildman–Crippen MR) is 85.6 cm³/mol. The van der Waals surface area contributed by atoms with Crippen LogP contribution in [0.5, 0.6) is 5.75 Å². The molecule has 2 aliphatic rings. The van der Waals surface area contributed by atoms with Crippen molar-refractivity contribution in [2.75, 3.05) is 6.54 Å². The molecule has 3 heteroatoms. The molecule has 4 rings (SSSR count). The van der Waals surface area contributed by atoms with E-state index in [9.17, 15) is 5.11 Å². The molecule has 1 saturated carbocycles. The summed E-state index contributed by atoms with van der Waals surface area (Å²) in [6, 6.07) is 13.8. The molecule has 21 heavy (non-hydrogen) atoms. The molecule has 1 aliphatic heterocycles. The summed E-state index contributed by atoms with van der Waals surface area (Å²) in [7, 11) is 0. The van der Waals surface area contributed by atoms with Crippen LogP contribution in [-0.4, -0.2) is 17.4 Å². The zero-order valence-corrected chi connectivity index (χ0v) is 12.4. The van der Waals surface area contributed by atoms with Crippen LogP contribution in [0.2, 0.25) is 5.02 Å². The Morgan fingerprint density at radius 1 is 1.05 bits per heavy atom. The van der Waals surface area contributed by atoms with E-state index < -0.39 is 0 Å². The van der Waals surface area contributed by atoms with Crippen molar-refractivity contribution < 1.29 is 5.11 Å². The fraction of sp³-hybridized carbons (Fsp3) is 0.278. The molecule has 0 amide bonds. The summed E-state index contributed by atoms with van der Waals surface area (Å²) in [5.74, 6) is 0.315. The highest BCUT2D eigenvalue weighted by Gasteiger charge is 2.50. The first-order valence-electron chi connectivity index (χ1n) is 7.32. The maximum Gasteiger partial charge on any atom is 0.116 e. The molecule has 1 heterocycles. The third-order valence-electron chi connectivity index (χ3n) is 4.60. The number of nitrogens with zero attached hydrogens (tertiary/aromatic N) is 1. The minimum atomic E-state index is 0.0214. The summed E-state index contributed by atoms with van der Waals surface area (Å²) in [5.41, 5.74) is 4.85. The van der Waals surface area contributed by atoms with Crippen LogP contribution in [0.15, 0.2) is 47.5 Å². The van der Waals surface area contributed by atoms with E-state index in [0.29, 0.717) is 5.75 Å². The lowest BCUT2D eigenvalue weighted by molar-refractivity contribution is 0.475. The summed E-state index contributed by atoms with van der Waals surface area (Å²) in [6.45, 7) is 0.836. The van der Waals surface area contributed by atoms with E-state index in [4.69, 9.17) is 16.6 Å². The number of hydrogen-bond donors (Lipinski definition) is 1. The highest BCUT2D eigenvalue weighted by molar-refractivity contribution is 6.30. The van der Waals surface area contributed by atoms with Gasteiger partial charge in [0.15, 0.2) is 0 Å². The van der Waals surface area contributed by atoms with Crippen molar-refractivity contribution in [1.82, 2.24) is 0 Å². The number of halogens is 1. The van der Waals surface area contributed by atoms with Gasteiger partial charge in [0.25, 0.3) is 0 Å². The second kappa shape index (κ2) is 4.60. The number of phenolic OH excluding ortho intramolecular Hbond substituents is 1. The van der Waals surface area contributed by atoms with Gasteiger partial charge in [0.05, 0.1) is 5.71 Å². The van der Waals surface area contributed by atoms with Gasteiger partial charge >= 0.3 is 0 Å². The van der Waals surface area contributed by atoms with Crippen LogP contribution >= 0.6 is 11.6 Å². The first-order chi connectivity index (χ1) is 10.2. The van der Waals surface area contributed by atoms with E-state index in [1.54, 1.807) is 6.07 Å². The van der Waals surface area contributed by atoms with Gasteiger partial charge in [-0.2, -0.15) is 0 Å². The van der Waals surface area contributed by atoms with Gasteiger partial charge < -0.3 is 5.11 Å². The van der Waals surface area contributed by atoms with E-state index >= 15 is 0 Å². The first kappa shape index (κ1) is 12.9. The Labute approximate surface area is 129 Å². The quantitative estimate of drug-likeness (QED) is 0.888. The number of phenols is 1. The Morgan fingerprint density at radius 2 is 1.81 bits per heavy atom. The highest BCUT2D eigenvalue weighted by atomic mass is 35.5. The van der Waals surface area contributed by atoms with Crippen molar-refractivity contribution in [2.45, 2.75) is 24.7 Å². The van der Waals surface area contributed by atoms with Crippen LogP contribution in [0.1, 0.15) is 29.5 Å². The van der Waals surface area contributed by atoms with E-state index in [0.717, 1.165) is 42.1 Å². The van der Waals surface area contributed by atoms with Gasteiger partial charge in [-0.1, -0.05) is 29.8 Å². The highest BCUT2D eigenvalue weighted by Crippen LogP contribution is 2.52. The smallest absolute Gasteiger partial charge is 0.116 e. The normalized spacial score (nSPS) is 18.8. The molecule has 0 atom stereocenters. The molecule has 0 bridgehead atoms. The van der Waals surface area contributed by atoms with Crippen molar-refractivity contribution >= 4 is 17.3 Å². The van der Waals surface area contributed by atoms with E-state index in [-0.39, 0.29) is 5.41 Å². The average molecular weight is 298 g/mol. The molecular weight excluding hydrogens is 282 g/mol. The predicted octanol–water partition coefficient (Wildman–Crippen LogP) is 4.12. The molecule has 2 aromatic carbocycles. The fourth-order valence-electron chi connectivity index (χ4n) is 3.34. The van der Waals surface area contributed by atoms with Gasteiger partial charge in [-0.3, -0.25) is 4.99 Å². The number of aliphatic imine (C=N–C) groups is 1. The third-order valence-corrected chi connectivity index (χ3v) is 4.85. The number of aromatic hydroxyl groups is 1. The van der Waals surface area contributed by atoms with Crippen molar-refractivity contribution in [1.29, 1.82) is 0 Å². The lowest BCUT2D eigenvalue weighted by atomic mass is 9.83. The maximum atomic E-state index is 9.83. The van der Waals surface area contributed by atoms with Crippen LogP contribution in [0.4, 0.5) is 0 Å². The Balaban J connectivity index is 1.82. The minimum Gasteiger partial charge on any atom is -0.508 e. The average Bonchev–Trinajstić information content (AvgIpc) is 3.29. The number of hydrogen-bond acceptors (Lipinski definition) is 2. The first-order valence-corrected chi connectivity index (χ1v) is 7.70. The fourth-order valence-corrected chi connectivity index (χ4v) is 3.47. The SMILES string of the molecule is Oc1ccc2c(c1)C(C1(c3ccc(Cl)cc3)CC1)=NCC2. The zero-order valence-electron chi connectivity index (χ0n) is 11.6. The zero-order chi connectivity index (χ0) is 14.4. The Bertz CT molecular complexity index is 729. The standard InChI is InChI=1S/C18H16ClNO/c19-14-4-2-13(3-5-14)18(8-9-18)17-16-11-15(21)6-1-12(16)7-10-20-17/h1-6,11,21H,7-10H2. The number of benzene rings is 2. The third kappa shape index (κ3) is 2.06. The van der Waals surface area contributed by atoms with Crippen molar-refractivity contribution in [3.63, 3.8) is 0 Å². The number of rotatable bonds is 2. The summed E-state index contributed by atoms with van der Waals surface area (Å²) in [5, 5.41) is 10.6. The van der Waals surface area contributed by atoms with Crippen molar-refractivity contribution in [3.05, 3.63) is 64.2 Å². The lowest BCUT2D eigenvalue weighted by Gasteiger charge is -2.25. The molecular formula is C18H16ClNO. The Hall–Kier alpha value is -1.80. The summed E-state index contributed by atoms with van der Waals surface area (Å²) < 4.78 is 0. The van der Waals surface area contributed by atoms with Crippen LogP contribution in [0.3, 0.4) is 0 Å². The van der Waals surface area contributed by atoms with Crippen LogP contribution in [0.25, 0.3) is 0 Å². The van der Waals surface area contributed by atoms with Gasteiger partial charge in [-0.25, -0.2) is 0 Å². The molecule has 2 nitrogen and oxygen atoms in total. The van der Waals surface area contributed by atoms with E-state index in [1.807, 2.05) is 24.3 Å². The summed E-state index contributed by atoms with van der Waals surface area (Å²) in [4.78, 5) is 4.82. The maximum absolute atomic E-state index is 9.83. The summed E-state index contributed by atoms with van der Waals surface area (Å²) in [6.07, 6.45) is 3.18. The lowest BCUT2D eigenvalue weighted by Crippen LogP contribution is -2.26. The molecule has 0 aromatic heterocycles. The monoisotopic (exact) mass is 297 g/mol. The van der Waals surface area contributed by atoms with Crippen LogP contribution in [-0.2, 0) is 11.8 Å². The largest absolute Gasteiger partial charge is 0.508 e. The molecule has 2 aromatic rings. The van der Waals surface area contributed by atoms with Crippen molar-refractivity contribution in [2.24, 2.45) is 4.99 Å². The summed E-state index contributed by atoms with van der Waals surface area (Å²) >= 11 is 6.01. The second-order valence-corrected chi connectivity index (χ2v) is 6.35. The molecule has 1 aliphatic carbocycles. The molecule has 0 spiro atoms. The van der Waals surface area contributed by atoms with Gasteiger partial charge in [0.2, 0.25) is 0 Å². The molecule has 0 radical (unpaired) electrons.